The molecule has 0 aliphatic carbocycles. The van der Waals surface area contributed by atoms with Crippen LogP contribution >= 0.6 is 0 Å². The van der Waals surface area contributed by atoms with E-state index in [1.807, 2.05) is 13.8 Å². The molecule has 1 N–H and O–H groups in total. The highest BCUT2D eigenvalue weighted by molar-refractivity contribution is 5.35. The zero-order valence-electron chi connectivity index (χ0n) is 11.4. The molecular formula is C14H21FO3. The van der Waals surface area contributed by atoms with Gasteiger partial charge in [-0.3, -0.25) is 0 Å². The van der Waals surface area contributed by atoms with Crippen LogP contribution < -0.4 is 4.74 Å². The first kappa shape index (κ1) is 14.9. The summed E-state index contributed by atoms with van der Waals surface area (Å²) in [7, 11) is 1.64. The molecule has 0 radical (unpaired) electrons. The lowest BCUT2D eigenvalue weighted by Gasteiger charge is -2.23. The van der Waals surface area contributed by atoms with Crippen LogP contribution in [0.1, 0.15) is 38.9 Å². The van der Waals surface area contributed by atoms with E-state index < -0.39 is 6.10 Å². The van der Waals surface area contributed by atoms with E-state index in [1.54, 1.807) is 14.0 Å². The summed E-state index contributed by atoms with van der Waals surface area (Å²) in [4.78, 5) is 0. The fourth-order valence-electron chi connectivity index (χ4n) is 1.49. The van der Waals surface area contributed by atoms with Gasteiger partial charge in [-0.2, -0.15) is 0 Å². The van der Waals surface area contributed by atoms with E-state index in [0.29, 0.717) is 24.3 Å². The minimum Gasteiger partial charge on any atom is -0.493 e. The molecule has 1 aromatic carbocycles. The molecule has 0 aromatic heterocycles. The third-order valence-electron chi connectivity index (χ3n) is 2.94. The lowest BCUT2D eigenvalue weighted by atomic mass is 10.1. The molecule has 0 fully saturated rings. The van der Waals surface area contributed by atoms with E-state index >= 15 is 0 Å². The Morgan fingerprint density at radius 3 is 2.61 bits per heavy atom. The topological polar surface area (TPSA) is 38.7 Å². The predicted octanol–water partition coefficient (Wildman–Crippen LogP) is 3.07. The van der Waals surface area contributed by atoms with Crippen molar-refractivity contribution in [2.45, 2.75) is 38.9 Å². The van der Waals surface area contributed by atoms with Crippen LogP contribution in [0.3, 0.4) is 0 Å². The number of rotatable bonds is 6. The molecule has 0 spiro atoms. The Morgan fingerprint density at radius 2 is 2.06 bits per heavy atom. The van der Waals surface area contributed by atoms with Gasteiger partial charge in [-0.25, -0.2) is 4.39 Å². The molecule has 0 heterocycles. The third kappa shape index (κ3) is 4.27. The quantitative estimate of drug-likeness (QED) is 0.850. The van der Waals surface area contributed by atoms with Gasteiger partial charge in [-0.1, -0.05) is 0 Å². The van der Waals surface area contributed by atoms with Crippen LogP contribution in [-0.2, 0) is 4.74 Å². The first-order valence-corrected chi connectivity index (χ1v) is 6.01. The van der Waals surface area contributed by atoms with Crippen LogP contribution in [0.15, 0.2) is 18.2 Å². The molecule has 1 atom stereocenters. The minimum atomic E-state index is -0.684. The second-order valence-corrected chi connectivity index (χ2v) is 4.92. The summed E-state index contributed by atoms with van der Waals surface area (Å²) < 4.78 is 24.0. The van der Waals surface area contributed by atoms with Gasteiger partial charge in [0.1, 0.15) is 11.6 Å². The highest BCUT2D eigenvalue weighted by Crippen LogP contribution is 2.26. The Balaban J connectivity index is 2.69. The molecule has 1 rings (SSSR count). The van der Waals surface area contributed by atoms with E-state index in [-0.39, 0.29) is 11.4 Å². The van der Waals surface area contributed by atoms with Gasteiger partial charge in [0.25, 0.3) is 0 Å². The SMILES string of the molecule is COC(C)(C)CCOc1cc(F)ccc1C(C)O. The largest absolute Gasteiger partial charge is 0.493 e. The van der Waals surface area contributed by atoms with Gasteiger partial charge in [0.05, 0.1) is 18.3 Å². The number of aliphatic hydroxyl groups is 1. The summed E-state index contributed by atoms with van der Waals surface area (Å²) in [6, 6.07) is 4.15. The fraction of sp³-hybridized carbons (Fsp3) is 0.571. The van der Waals surface area contributed by atoms with Gasteiger partial charge in [0, 0.05) is 25.2 Å². The number of hydrogen-bond donors (Lipinski definition) is 1. The van der Waals surface area contributed by atoms with Crippen molar-refractivity contribution in [1.29, 1.82) is 0 Å². The second-order valence-electron chi connectivity index (χ2n) is 4.92. The van der Waals surface area contributed by atoms with Crippen LogP contribution in [-0.4, -0.2) is 24.4 Å². The molecule has 1 unspecified atom stereocenters. The summed E-state index contributed by atoms with van der Waals surface area (Å²) in [5.74, 6) is 0.0114. The number of hydrogen-bond acceptors (Lipinski definition) is 3. The Kier molecular flexibility index (Phi) is 5.11. The number of benzene rings is 1. The van der Waals surface area contributed by atoms with Crippen LogP contribution in [0.5, 0.6) is 5.75 Å². The van der Waals surface area contributed by atoms with E-state index in [2.05, 4.69) is 0 Å². The average Bonchev–Trinajstić information content (AvgIpc) is 2.28. The van der Waals surface area contributed by atoms with Gasteiger partial charge >= 0.3 is 0 Å². The van der Waals surface area contributed by atoms with Gasteiger partial charge in [-0.15, -0.1) is 0 Å². The van der Waals surface area contributed by atoms with Crippen molar-refractivity contribution in [1.82, 2.24) is 0 Å². The molecular weight excluding hydrogens is 235 g/mol. The Hall–Kier alpha value is -1.13. The number of methoxy groups -OCH3 is 1. The highest BCUT2D eigenvalue weighted by atomic mass is 19.1. The molecule has 0 saturated carbocycles. The zero-order chi connectivity index (χ0) is 13.8. The van der Waals surface area contributed by atoms with Gasteiger partial charge < -0.3 is 14.6 Å². The molecule has 0 saturated heterocycles. The van der Waals surface area contributed by atoms with Crippen LogP contribution in [0.4, 0.5) is 4.39 Å². The molecule has 1 aromatic rings. The maximum absolute atomic E-state index is 13.2. The molecule has 3 nitrogen and oxygen atoms in total. The lowest BCUT2D eigenvalue weighted by Crippen LogP contribution is -2.25. The van der Waals surface area contributed by atoms with Crippen molar-refractivity contribution in [2.75, 3.05) is 13.7 Å². The second kappa shape index (κ2) is 6.16. The van der Waals surface area contributed by atoms with E-state index in [4.69, 9.17) is 9.47 Å². The summed E-state index contributed by atoms with van der Waals surface area (Å²) in [5, 5.41) is 9.57. The molecule has 0 amide bonds. The van der Waals surface area contributed by atoms with Crippen LogP contribution in [0.25, 0.3) is 0 Å². The molecule has 0 aliphatic rings. The number of aliphatic hydroxyl groups excluding tert-OH is 1. The monoisotopic (exact) mass is 256 g/mol. The first-order valence-electron chi connectivity index (χ1n) is 6.01. The summed E-state index contributed by atoms with van der Waals surface area (Å²) >= 11 is 0. The van der Waals surface area contributed by atoms with E-state index in [9.17, 15) is 9.50 Å². The predicted molar refractivity (Wildman–Crippen MR) is 68.2 cm³/mol. The van der Waals surface area contributed by atoms with Crippen molar-refractivity contribution in [3.8, 4) is 5.75 Å². The van der Waals surface area contributed by atoms with E-state index in [1.165, 1.54) is 18.2 Å². The maximum Gasteiger partial charge on any atom is 0.127 e. The van der Waals surface area contributed by atoms with Crippen molar-refractivity contribution in [2.24, 2.45) is 0 Å². The molecule has 102 valence electrons. The third-order valence-corrected chi connectivity index (χ3v) is 2.94. The summed E-state index contributed by atoms with van der Waals surface area (Å²) in [5.41, 5.74) is 0.310. The average molecular weight is 256 g/mol. The van der Waals surface area contributed by atoms with E-state index in [0.717, 1.165) is 0 Å². The van der Waals surface area contributed by atoms with Crippen molar-refractivity contribution < 1.29 is 19.0 Å². The Labute approximate surface area is 108 Å². The van der Waals surface area contributed by atoms with Crippen LogP contribution in [0, 0.1) is 5.82 Å². The van der Waals surface area contributed by atoms with Crippen molar-refractivity contribution in [3.05, 3.63) is 29.6 Å². The Bertz CT molecular complexity index is 389. The van der Waals surface area contributed by atoms with Gasteiger partial charge in [-0.05, 0) is 32.9 Å². The van der Waals surface area contributed by atoms with Crippen LogP contribution in [0.2, 0.25) is 0 Å². The van der Waals surface area contributed by atoms with Crippen molar-refractivity contribution >= 4 is 0 Å². The summed E-state index contributed by atoms with van der Waals surface area (Å²) in [6.07, 6.45) is -0.00440. The van der Waals surface area contributed by atoms with Gasteiger partial charge in [0.15, 0.2) is 0 Å². The molecule has 0 aliphatic heterocycles. The lowest BCUT2D eigenvalue weighted by molar-refractivity contribution is 0.00520. The minimum absolute atomic E-state index is 0.279. The standard InChI is InChI=1S/C14H21FO3/c1-10(16)12-6-5-11(15)9-13(12)18-8-7-14(2,3)17-4/h5-6,9-10,16H,7-8H2,1-4H3. The first-order chi connectivity index (χ1) is 8.35. The number of halogens is 1. The Morgan fingerprint density at radius 1 is 1.39 bits per heavy atom. The zero-order valence-corrected chi connectivity index (χ0v) is 11.4. The molecule has 18 heavy (non-hydrogen) atoms. The normalized spacial score (nSPS) is 13.4. The maximum atomic E-state index is 13.2. The number of ether oxygens (including phenoxy) is 2. The highest BCUT2D eigenvalue weighted by Gasteiger charge is 2.17. The van der Waals surface area contributed by atoms with Gasteiger partial charge in [0.2, 0.25) is 0 Å². The van der Waals surface area contributed by atoms with Crippen molar-refractivity contribution in [3.63, 3.8) is 0 Å². The summed E-state index contributed by atoms with van der Waals surface area (Å²) in [6.45, 7) is 5.94. The smallest absolute Gasteiger partial charge is 0.127 e. The molecule has 0 bridgehead atoms. The fourth-order valence-corrected chi connectivity index (χ4v) is 1.49. The molecule has 4 heteroatoms.